The number of carbonyl (C=O) groups is 2. The maximum atomic E-state index is 12.3. The van der Waals surface area contributed by atoms with Crippen molar-refractivity contribution < 1.29 is 18.0 Å². The molecule has 0 saturated carbocycles. The van der Waals surface area contributed by atoms with Crippen molar-refractivity contribution in [3.63, 3.8) is 0 Å². The van der Waals surface area contributed by atoms with Gasteiger partial charge in [-0.05, 0) is 32.9 Å². The Kier molecular flexibility index (Phi) is 5.71. The Labute approximate surface area is 131 Å². The molecule has 0 spiro atoms. The van der Waals surface area contributed by atoms with Crippen molar-refractivity contribution in [2.75, 3.05) is 14.1 Å². The Bertz CT molecular complexity index is 666. The second-order valence-corrected chi connectivity index (χ2v) is 7.99. The molecular formula is C15H22N2O4S. The summed E-state index contributed by atoms with van der Waals surface area (Å²) in [6.45, 7) is 4.67. The van der Waals surface area contributed by atoms with Gasteiger partial charge in [-0.25, -0.2) is 8.42 Å². The van der Waals surface area contributed by atoms with Gasteiger partial charge >= 0.3 is 0 Å². The Morgan fingerprint density at radius 3 is 2.14 bits per heavy atom. The fraction of sp³-hybridized carbons (Fsp3) is 0.467. The van der Waals surface area contributed by atoms with Gasteiger partial charge in [0.25, 0.3) is 5.91 Å². The van der Waals surface area contributed by atoms with Crippen LogP contribution in [0.3, 0.4) is 0 Å². The van der Waals surface area contributed by atoms with Crippen molar-refractivity contribution in [1.29, 1.82) is 0 Å². The molecule has 0 aromatic heterocycles. The van der Waals surface area contributed by atoms with Gasteiger partial charge in [-0.15, -0.1) is 0 Å². The summed E-state index contributed by atoms with van der Waals surface area (Å²) in [4.78, 5) is 25.5. The highest BCUT2D eigenvalue weighted by atomic mass is 32.2. The average molecular weight is 326 g/mol. The minimum absolute atomic E-state index is 0.0213. The molecule has 0 aliphatic carbocycles. The van der Waals surface area contributed by atoms with Crippen LogP contribution in [-0.4, -0.2) is 50.5 Å². The fourth-order valence-corrected chi connectivity index (χ4v) is 3.12. The largest absolute Gasteiger partial charge is 0.347 e. The van der Waals surface area contributed by atoms with Crippen LogP contribution in [0.25, 0.3) is 0 Å². The van der Waals surface area contributed by atoms with E-state index in [0.717, 1.165) is 0 Å². The van der Waals surface area contributed by atoms with Crippen molar-refractivity contribution in [3.8, 4) is 0 Å². The van der Waals surface area contributed by atoms with Gasteiger partial charge in [-0.2, -0.15) is 0 Å². The van der Waals surface area contributed by atoms with Crippen molar-refractivity contribution >= 4 is 21.7 Å². The number of nitrogens with zero attached hydrogens (tertiary/aromatic N) is 1. The molecule has 2 amide bonds. The van der Waals surface area contributed by atoms with Crippen LogP contribution in [0, 0.1) is 0 Å². The van der Waals surface area contributed by atoms with Gasteiger partial charge in [0.05, 0.1) is 15.7 Å². The first-order chi connectivity index (χ1) is 10.1. The first kappa shape index (κ1) is 18.2. The number of amides is 2. The molecular weight excluding hydrogens is 304 g/mol. The highest BCUT2D eigenvalue weighted by Gasteiger charge is 2.26. The molecule has 0 bridgehead atoms. The predicted octanol–water partition coefficient (Wildman–Crippen LogP) is 1.08. The summed E-state index contributed by atoms with van der Waals surface area (Å²) < 4.78 is 24.7. The molecule has 1 atom stereocenters. The molecule has 1 aromatic rings. The molecule has 1 rings (SSSR count). The van der Waals surface area contributed by atoms with E-state index < -0.39 is 27.0 Å². The SMILES string of the molecule is CC(C)S(=O)(=O)c1ccccc1C(=O)N[C@H](C)C(=O)N(C)C. The number of rotatable bonds is 5. The quantitative estimate of drug-likeness (QED) is 0.877. The summed E-state index contributed by atoms with van der Waals surface area (Å²) in [5.74, 6) is -0.847. The van der Waals surface area contributed by atoms with E-state index in [2.05, 4.69) is 5.32 Å². The van der Waals surface area contributed by atoms with E-state index in [1.54, 1.807) is 47.0 Å². The Hall–Kier alpha value is -1.89. The molecule has 122 valence electrons. The normalized spacial score (nSPS) is 12.8. The third kappa shape index (κ3) is 3.85. The first-order valence-corrected chi connectivity index (χ1v) is 8.48. The summed E-state index contributed by atoms with van der Waals surface area (Å²) in [6.07, 6.45) is 0. The zero-order chi connectivity index (χ0) is 17.1. The number of hydrogen-bond acceptors (Lipinski definition) is 4. The molecule has 0 unspecified atom stereocenters. The highest BCUT2D eigenvalue weighted by Crippen LogP contribution is 2.20. The smallest absolute Gasteiger partial charge is 0.253 e. The summed E-state index contributed by atoms with van der Waals surface area (Å²) in [5, 5.41) is 1.90. The van der Waals surface area contributed by atoms with E-state index >= 15 is 0 Å². The first-order valence-electron chi connectivity index (χ1n) is 6.94. The van der Waals surface area contributed by atoms with E-state index in [9.17, 15) is 18.0 Å². The van der Waals surface area contributed by atoms with Crippen molar-refractivity contribution in [3.05, 3.63) is 29.8 Å². The predicted molar refractivity (Wildman–Crippen MR) is 84.4 cm³/mol. The van der Waals surface area contributed by atoms with Crippen molar-refractivity contribution in [2.45, 2.75) is 37.0 Å². The Morgan fingerprint density at radius 1 is 1.09 bits per heavy atom. The number of carbonyl (C=O) groups excluding carboxylic acids is 2. The van der Waals surface area contributed by atoms with Crippen molar-refractivity contribution in [1.82, 2.24) is 10.2 Å². The summed E-state index contributed by atoms with van der Waals surface area (Å²) in [7, 11) is -0.410. The van der Waals surface area contributed by atoms with Crippen LogP contribution >= 0.6 is 0 Å². The van der Waals surface area contributed by atoms with Crippen LogP contribution in [0.4, 0.5) is 0 Å². The summed E-state index contributed by atoms with van der Waals surface area (Å²) in [5.41, 5.74) is 0.0506. The summed E-state index contributed by atoms with van der Waals surface area (Å²) >= 11 is 0. The third-order valence-electron chi connectivity index (χ3n) is 3.22. The van der Waals surface area contributed by atoms with Gasteiger partial charge in [0.1, 0.15) is 6.04 Å². The second-order valence-electron chi connectivity index (χ2n) is 5.52. The molecule has 22 heavy (non-hydrogen) atoms. The average Bonchev–Trinajstić information content (AvgIpc) is 2.45. The Morgan fingerprint density at radius 2 is 1.64 bits per heavy atom. The maximum absolute atomic E-state index is 12.3. The van der Waals surface area contributed by atoms with Crippen LogP contribution < -0.4 is 5.32 Å². The molecule has 0 aliphatic heterocycles. The van der Waals surface area contributed by atoms with Gasteiger partial charge in [-0.1, -0.05) is 12.1 Å². The van der Waals surface area contributed by atoms with Crippen LogP contribution in [0.5, 0.6) is 0 Å². The molecule has 1 aromatic carbocycles. The monoisotopic (exact) mass is 326 g/mol. The van der Waals surface area contributed by atoms with Crippen molar-refractivity contribution in [2.24, 2.45) is 0 Å². The lowest BCUT2D eigenvalue weighted by atomic mass is 10.2. The lowest BCUT2D eigenvalue weighted by Crippen LogP contribution is -2.44. The molecule has 0 radical (unpaired) electrons. The standard InChI is InChI=1S/C15H22N2O4S/c1-10(2)22(20,21)13-9-7-6-8-12(13)14(18)16-11(3)15(19)17(4)5/h6-11H,1-5H3,(H,16,18)/t11-/m1/s1. The molecule has 0 fully saturated rings. The number of hydrogen-bond donors (Lipinski definition) is 1. The fourth-order valence-electron chi connectivity index (χ4n) is 1.88. The van der Waals surface area contributed by atoms with Crippen LogP contribution in [0.15, 0.2) is 29.2 Å². The molecule has 1 N–H and O–H groups in total. The van der Waals surface area contributed by atoms with E-state index in [4.69, 9.17) is 0 Å². The molecule has 7 heteroatoms. The number of likely N-dealkylation sites (N-methyl/N-ethyl adjacent to an activating group) is 1. The van der Waals surface area contributed by atoms with Crippen LogP contribution in [0.1, 0.15) is 31.1 Å². The lowest BCUT2D eigenvalue weighted by Gasteiger charge is -2.19. The topological polar surface area (TPSA) is 83.5 Å². The van der Waals surface area contributed by atoms with Gasteiger partial charge in [0.15, 0.2) is 9.84 Å². The highest BCUT2D eigenvalue weighted by molar-refractivity contribution is 7.92. The minimum Gasteiger partial charge on any atom is -0.347 e. The zero-order valence-corrected chi connectivity index (χ0v) is 14.3. The summed E-state index contributed by atoms with van der Waals surface area (Å²) in [6, 6.07) is 5.27. The molecule has 0 aliphatic rings. The van der Waals surface area contributed by atoms with E-state index in [1.807, 2.05) is 0 Å². The minimum atomic E-state index is -3.58. The Balaban J connectivity index is 3.14. The number of nitrogens with one attached hydrogen (secondary N) is 1. The number of sulfone groups is 1. The van der Waals surface area contributed by atoms with Crippen LogP contribution in [-0.2, 0) is 14.6 Å². The lowest BCUT2D eigenvalue weighted by molar-refractivity contribution is -0.130. The molecule has 6 nitrogen and oxygen atoms in total. The van der Waals surface area contributed by atoms with E-state index in [0.29, 0.717) is 0 Å². The van der Waals surface area contributed by atoms with Gasteiger partial charge < -0.3 is 10.2 Å². The molecule has 0 saturated heterocycles. The van der Waals surface area contributed by atoms with E-state index in [1.165, 1.54) is 17.0 Å². The number of benzene rings is 1. The van der Waals surface area contributed by atoms with E-state index in [-0.39, 0.29) is 16.4 Å². The van der Waals surface area contributed by atoms with Gasteiger partial charge in [0, 0.05) is 14.1 Å². The molecule has 0 heterocycles. The second kappa shape index (κ2) is 6.91. The van der Waals surface area contributed by atoms with Gasteiger partial charge in [0.2, 0.25) is 5.91 Å². The maximum Gasteiger partial charge on any atom is 0.253 e. The zero-order valence-electron chi connectivity index (χ0n) is 13.5. The van der Waals surface area contributed by atoms with Crippen LogP contribution in [0.2, 0.25) is 0 Å². The van der Waals surface area contributed by atoms with Gasteiger partial charge in [-0.3, -0.25) is 9.59 Å². The third-order valence-corrected chi connectivity index (χ3v) is 5.43.